The van der Waals surface area contributed by atoms with Crippen LogP contribution >= 0.6 is 0 Å². The van der Waals surface area contributed by atoms with Crippen molar-refractivity contribution in [3.05, 3.63) is 185 Å². The van der Waals surface area contributed by atoms with Crippen molar-refractivity contribution in [2.24, 2.45) is 51.0 Å². The molecule has 1 saturated heterocycles. The van der Waals surface area contributed by atoms with Crippen LogP contribution in [0.2, 0.25) is 0 Å². The molecule has 1 fully saturated rings. The number of nitrogens with two attached hydrogens (primary N) is 3. The highest BCUT2D eigenvalue weighted by Gasteiger charge is 2.43. The van der Waals surface area contributed by atoms with Gasteiger partial charge in [0, 0.05) is 41.8 Å². The number of H-pyrrole nitrogens is 4. The Morgan fingerprint density at radius 2 is 0.927 bits per heavy atom. The van der Waals surface area contributed by atoms with Gasteiger partial charge in [0.2, 0.25) is 10.0 Å². The van der Waals surface area contributed by atoms with Crippen molar-refractivity contribution in [1.29, 1.82) is 0 Å². The fourth-order valence-corrected chi connectivity index (χ4v) is 14.6. The van der Waals surface area contributed by atoms with Gasteiger partial charge >= 0.3 is 23.9 Å². The Kier molecular flexibility index (Phi) is 29.9. The van der Waals surface area contributed by atoms with Crippen molar-refractivity contribution in [2.45, 2.75) is 149 Å². The standard InChI is InChI=1S/C25H31N5O2.C21H25N5O4S.C15H22N8O2.C14H20N6O2/c1-2-5-22(25(31)32)23(24-27-29-30-28-24)16-20-6-3-4-7-21(20)19-10-8-17(9-11-19)18-12-14-26-15-13-18;1-3-6-18(21(27)28)19(20-22-25-26-23-20)13-15-7-4-5-8-17(15)14-9-11-16(12-10-14)24-31(2,29)30;1-15(2,3)11(13(24)25)9(12-20-22-23-21-12)6-8-4-5-10(18-7-8)19-14(16)17;1-14(2,3)11(13(21)22)9(12-17-19-20-18-12)6-8-4-5-10(15)16-7-8/h3-4,6-11,18,22-23,26H,2,5,12-16H2,1H3,(H,31,32)(H,27,28,29,30);4-5,7-12,18-19,24H,3,6,13H2,1-2H3,(H,27,28)(H,22,23,25,26);4-5,7,9,11H,6H2,1-3H3,(H,24,25)(H4,16,17,18,19)(H,20,21,22,23);4-5,7,9,11H,6H2,1-3H3,(H2,15,16)(H,21,22)(H,17,18,19,20)/t22-,23-;18-,19-;2*9-,11-/m0000/s1. The number of carboxylic acid groups (broad SMARTS) is 4. The molecule has 10 aromatic rings. The van der Waals surface area contributed by atoms with Crippen molar-refractivity contribution >= 4 is 57.2 Å². The Hall–Kier alpha value is -11.9. The molecule has 0 aliphatic carbocycles. The molecule has 584 valence electrons. The molecular weight excluding hydrogens is 1430 g/mol. The molecule has 0 radical (unpaired) electrons. The number of aromatic nitrogens is 18. The Morgan fingerprint density at radius 1 is 0.527 bits per heavy atom. The van der Waals surface area contributed by atoms with Crippen LogP contribution in [0, 0.1) is 34.5 Å². The van der Waals surface area contributed by atoms with E-state index in [4.69, 9.17) is 17.2 Å². The lowest BCUT2D eigenvalue weighted by Gasteiger charge is -2.32. The van der Waals surface area contributed by atoms with Crippen LogP contribution in [0.25, 0.3) is 22.3 Å². The molecule has 1 aliphatic heterocycles. The summed E-state index contributed by atoms with van der Waals surface area (Å²) >= 11 is 0. The van der Waals surface area contributed by atoms with E-state index in [1.54, 1.807) is 42.7 Å². The van der Waals surface area contributed by atoms with Gasteiger partial charge in [-0.05, 0) is 156 Å². The van der Waals surface area contributed by atoms with E-state index in [1.165, 1.54) is 18.4 Å². The van der Waals surface area contributed by atoms with Crippen LogP contribution < -0.4 is 27.2 Å². The van der Waals surface area contributed by atoms with E-state index >= 15 is 0 Å². The lowest BCUT2D eigenvalue weighted by atomic mass is 9.71. The van der Waals surface area contributed by atoms with E-state index in [-0.39, 0.29) is 11.9 Å². The summed E-state index contributed by atoms with van der Waals surface area (Å²) in [4.78, 5) is 59.8. The van der Waals surface area contributed by atoms with Gasteiger partial charge in [-0.1, -0.05) is 186 Å². The van der Waals surface area contributed by atoms with Crippen molar-refractivity contribution in [3.8, 4) is 22.3 Å². The van der Waals surface area contributed by atoms with E-state index in [0.29, 0.717) is 85.1 Å². The van der Waals surface area contributed by atoms with Crippen molar-refractivity contribution in [1.82, 2.24) is 97.8 Å². The van der Waals surface area contributed by atoms with E-state index < -0.39 is 86.2 Å². The fraction of sp³-hybridized carbons (Fsp3) is 0.427. The minimum Gasteiger partial charge on any atom is -0.481 e. The van der Waals surface area contributed by atoms with Crippen LogP contribution in [0.4, 0.5) is 17.3 Å². The highest BCUT2D eigenvalue weighted by atomic mass is 32.2. The highest BCUT2D eigenvalue weighted by molar-refractivity contribution is 7.92. The average molecular weight is 1530 g/mol. The molecule has 0 unspecified atom stereocenters. The normalized spacial score (nSPS) is 14.7. The second-order valence-electron chi connectivity index (χ2n) is 29.2. The van der Waals surface area contributed by atoms with Gasteiger partial charge in [-0.2, -0.15) is 25.8 Å². The molecule has 0 saturated carbocycles. The van der Waals surface area contributed by atoms with Crippen LogP contribution in [0.3, 0.4) is 0 Å². The maximum atomic E-state index is 12.1. The first-order valence-corrected chi connectivity index (χ1v) is 38.0. The summed E-state index contributed by atoms with van der Waals surface area (Å²) in [5.41, 5.74) is 25.0. The van der Waals surface area contributed by atoms with Gasteiger partial charge < -0.3 is 42.9 Å². The molecule has 7 heterocycles. The largest absolute Gasteiger partial charge is 0.481 e. The van der Waals surface area contributed by atoms with Gasteiger partial charge in [-0.3, -0.25) is 23.9 Å². The number of nitrogen functional groups attached to an aromatic ring is 1. The van der Waals surface area contributed by atoms with Gasteiger partial charge in [0.05, 0.1) is 29.9 Å². The number of tetrazole rings is 4. The van der Waals surface area contributed by atoms with E-state index in [2.05, 4.69) is 144 Å². The number of rotatable bonds is 30. The number of anilines is 2. The van der Waals surface area contributed by atoms with Crippen LogP contribution in [0.5, 0.6) is 0 Å². The highest BCUT2D eigenvalue weighted by Crippen LogP contribution is 2.42. The molecular formula is C75H98N24O10S. The molecule has 8 atom stereocenters. The molecule has 6 aromatic heterocycles. The maximum absolute atomic E-state index is 12.1. The van der Waals surface area contributed by atoms with Gasteiger partial charge in [0.25, 0.3) is 0 Å². The summed E-state index contributed by atoms with van der Waals surface area (Å²) in [7, 11) is -3.36. The van der Waals surface area contributed by atoms with E-state index in [0.717, 1.165) is 76.7 Å². The zero-order valence-corrected chi connectivity index (χ0v) is 63.8. The first-order valence-electron chi connectivity index (χ1n) is 36.1. The monoisotopic (exact) mass is 1530 g/mol. The third-order valence-electron chi connectivity index (χ3n) is 19.0. The first-order chi connectivity index (χ1) is 52.4. The van der Waals surface area contributed by atoms with E-state index in [9.17, 15) is 48.0 Å². The SMILES string of the molecule is CC(C)(C)[C@H](C(=O)O)[C@H](Cc1ccc(N)nc1)c1nn[nH]n1.CC(C)(C)[C@H](C(=O)O)[C@H](Cc1ccc(N=C(N)N)nc1)c1nn[nH]n1.CCC[C@H](C(=O)O)[C@H](Cc1ccccc1-c1ccc(C2CCNCC2)cc1)c1nn[nH]n1.CCC[C@H](C(=O)O)[C@H](Cc1ccccc1-c1ccc(NS(C)(=O)=O)cc1)c1nn[nH]n1. The number of aromatic amines is 4. The molecule has 16 N–H and O–H groups in total. The number of hydrogen-bond donors (Lipinski definition) is 13. The molecule has 4 aromatic carbocycles. The number of aliphatic imine (C=N–C) groups is 1. The van der Waals surface area contributed by atoms with E-state index in [1.807, 2.05) is 110 Å². The zero-order chi connectivity index (χ0) is 79.7. The van der Waals surface area contributed by atoms with Crippen LogP contribution in [-0.4, -0.2) is 170 Å². The third-order valence-corrected chi connectivity index (χ3v) is 19.6. The predicted octanol–water partition coefficient (Wildman–Crippen LogP) is 9.05. The fourth-order valence-electron chi connectivity index (χ4n) is 14.0. The molecule has 11 rings (SSSR count). The maximum Gasteiger partial charge on any atom is 0.307 e. The molecule has 110 heavy (non-hydrogen) atoms. The number of piperidine rings is 1. The molecule has 1 aliphatic rings. The number of pyridine rings is 2. The Labute approximate surface area is 637 Å². The second-order valence-corrected chi connectivity index (χ2v) is 31.0. The topological polar surface area (TPSA) is 541 Å². The molecule has 0 amide bonds. The summed E-state index contributed by atoms with van der Waals surface area (Å²) in [6, 6.07) is 38.9. The number of nitrogens with one attached hydrogen (secondary N) is 6. The predicted molar refractivity (Wildman–Crippen MR) is 411 cm³/mol. The number of carbonyl (C=O) groups is 4. The quantitative estimate of drug-likeness (QED) is 0.0147. The summed E-state index contributed by atoms with van der Waals surface area (Å²) < 4.78 is 25.3. The summed E-state index contributed by atoms with van der Waals surface area (Å²) in [6.07, 6.45) is 11.1. The van der Waals surface area contributed by atoms with Crippen LogP contribution in [-0.2, 0) is 54.9 Å². The Balaban J connectivity index is 0.000000186. The summed E-state index contributed by atoms with van der Waals surface area (Å²) in [5.74, 6) is -4.81. The lowest BCUT2D eigenvalue weighted by molar-refractivity contribution is -0.147. The Bertz CT molecular complexity index is 4630. The number of aliphatic carboxylic acids is 4. The van der Waals surface area contributed by atoms with Crippen molar-refractivity contribution in [3.63, 3.8) is 0 Å². The smallest absolute Gasteiger partial charge is 0.307 e. The van der Waals surface area contributed by atoms with Crippen molar-refractivity contribution in [2.75, 3.05) is 29.8 Å². The number of benzene rings is 4. The number of sulfonamides is 1. The minimum absolute atomic E-state index is 0.0800. The van der Waals surface area contributed by atoms with Crippen LogP contribution in [0.1, 0.15) is 175 Å². The zero-order valence-electron chi connectivity index (χ0n) is 63.0. The number of hydrogen-bond acceptors (Lipinski definition) is 23. The molecule has 0 spiro atoms. The first kappa shape index (κ1) is 83.8. The second kappa shape index (κ2) is 39.3. The summed E-state index contributed by atoms with van der Waals surface area (Å²) in [6.45, 7) is 17.4. The Morgan fingerprint density at radius 3 is 1.26 bits per heavy atom. The molecule has 35 heteroatoms. The number of nitrogens with zero attached hydrogens (tertiary/aromatic N) is 15. The summed E-state index contributed by atoms with van der Waals surface area (Å²) in [5, 5.41) is 99.1. The van der Waals surface area contributed by atoms with Gasteiger partial charge in [0.15, 0.2) is 35.1 Å². The van der Waals surface area contributed by atoms with Crippen molar-refractivity contribution < 1.29 is 48.0 Å². The van der Waals surface area contributed by atoms with Gasteiger partial charge in [0.1, 0.15) is 5.82 Å². The van der Waals surface area contributed by atoms with Crippen LogP contribution in [0.15, 0.2) is 139 Å². The molecule has 34 nitrogen and oxygen atoms in total. The lowest BCUT2D eigenvalue weighted by Crippen LogP contribution is -2.35. The number of carboxylic acids is 4. The van der Waals surface area contributed by atoms with Gasteiger partial charge in [-0.25, -0.2) is 18.4 Å². The molecule has 0 bridgehead atoms. The minimum atomic E-state index is -3.36. The average Bonchev–Trinajstić information content (AvgIpc) is 1.25. The third kappa shape index (κ3) is 24.3. The van der Waals surface area contributed by atoms with Gasteiger partial charge in [-0.15, -0.1) is 40.8 Å². The number of guanidine groups is 1.